The molecule has 1 amide bonds. The molecule has 0 bridgehead atoms. The van der Waals surface area contributed by atoms with Crippen molar-refractivity contribution in [3.05, 3.63) is 65.1 Å². The van der Waals surface area contributed by atoms with Gasteiger partial charge in [-0.3, -0.25) is 9.20 Å². The number of pyridine rings is 2. The number of piperidine rings is 1. The van der Waals surface area contributed by atoms with Crippen molar-refractivity contribution in [3.8, 4) is 10.6 Å². The van der Waals surface area contributed by atoms with E-state index in [1.54, 1.807) is 11.3 Å². The van der Waals surface area contributed by atoms with Crippen LogP contribution in [-0.2, 0) is 0 Å². The van der Waals surface area contributed by atoms with Crippen molar-refractivity contribution in [3.63, 3.8) is 0 Å². The van der Waals surface area contributed by atoms with Crippen molar-refractivity contribution < 1.29 is 9.32 Å². The van der Waals surface area contributed by atoms with Crippen LogP contribution in [0.2, 0.25) is 0 Å². The van der Waals surface area contributed by atoms with Gasteiger partial charge >= 0.3 is 0 Å². The van der Waals surface area contributed by atoms with E-state index in [1.165, 1.54) is 0 Å². The minimum absolute atomic E-state index is 0.0278. The van der Waals surface area contributed by atoms with Gasteiger partial charge in [0.2, 0.25) is 0 Å². The predicted molar refractivity (Wildman–Crippen MR) is 121 cm³/mol. The van der Waals surface area contributed by atoms with E-state index in [9.17, 15) is 4.79 Å². The zero-order valence-electron chi connectivity index (χ0n) is 17.4. The number of amides is 1. The third-order valence-corrected chi connectivity index (χ3v) is 6.93. The van der Waals surface area contributed by atoms with Crippen LogP contribution in [0, 0.1) is 6.92 Å². The fourth-order valence-electron chi connectivity index (χ4n) is 4.49. The minimum Gasteiger partial charge on any atom is -0.338 e. The second-order valence-electron chi connectivity index (χ2n) is 8.06. The summed E-state index contributed by atoms with van der Waals surface area (Å²) in [6, 6.07) is 11.7. The molecule has 0 saturated carbocycles. The highest BCUT2D eigenvalue weighted by atomic mass is 32.1. The Bertz CT molecular complexity index is 1440. The fourth-order valence-corrected chi connectivity index (χ4v) is 5.18. The number of rotatable bonds is 3. The van der Waals surface area contributed by atoms with E-state index in [1.807, 2.05) is 64.2 Å². The molecule has 0 aliphatic carbocycles. The third-order valence-electron chi connectivity index (χ3n) is 6.03. The number of fused-ring (bicyclic) bond motifs is 2. The normalized spacial score (nSPS) is 16.8. The van der Waals surface area contributed by atoms with E-state index in [2.05, 4.69) is 20.3 Å². The lowest BCUT2D eigenvalue weighted by molar-refractivity contribution is 0.0706. The molecule has 9 heteroatoms. The Balaban J connectivity index is 1.37. The topological polar surface area (TPSA) is 89.4 Å². The SMILES string of the molecule is Cc1noc2nc(-c3cccs3)cc(C(=O)N3CCC[C@H](c4nnc5ccccn45)C3)c12. The Morgan fingerprint density at radius 2 is 2.16 bits per heavy atom. The van der Waals surface area contributed by atoms with Crippen LogP contribution < -0.4 is 0 Å². The first-order valence-electron chi connectivity index (χ1n) is 10.6. The molecule has 32 heavy (non-hydrogen) atoms. The number of hydrogen-bond acceptors (Lipinski definition) is 7. The van der Waals surface area contributed by atoms with Crippen molar-refractivity contribution >= 4 is 34.0 Å². The average Bonchev–Trinajstić information content (AvgIpc) is 3.58. The maximum atomic E-state index is 13.8. The van der Waals surface area contributed by atoms with Gasteiger partial charge < -0.3 is 9.42 Å². The fraction of sp³-hybridized carbons (Fsp3) is 0.261. The van der Waals surface area contributed by atoms with Crippen LogP contribution in [0.3, 0.4) is 0 Å². The first-order valence-corrected chi connectivity index (χ1v) is 11.5. The van der Waals surface area contributed by atoms with Crippen molar-refractivity contribution in [1.82, 2.24) is 29.6 Å². The Morgan fingerprint density at radius 1 is 1.22 bits per heavy atom. The molecule has 0 radical (unpaired) electrons. The van der Waals surface area contributed by atoms with Crippen LogP contribution in [-0.4, -0.2) is 48.6 Å². The van der Waals surface area contributed by atoms with E-state index in [4.69, 9.17) is 4.52 Å². The lowest BCUT2D eigenvalue weighted by Gasteiger charge is -2.32. The molecule has 0 N–H and O–H groups in total. The van der Waals surface area contributed by atoms with E-state index in [0.717, 1.165) is 34.9 Å². The van der Waals surface area contributed by atoms with Gasteiger partial charge in [-0.25, -0.2) is 4.98 Å². The summed E-state index contributed by atoms with van der Waals surface area (Å²) in [7, 11) is 0. The van der Waals surface area contributed by atoms with Gasteiger partial charge in [-0.1, -0.05) is 17.3 Å². The molecule has 5 aromatic rings. The number of aryl methyl sites for hydroxylation is 1. The summed E-state index contributed by atoms with van der Waals surface area (Å²) >= 11 is 1.58. The molecule has 0 aromatic carbocycles. The van der Waals surface area contributed by atoms with Gasteiger partial charge in [0.15, 0.2) is 5.65 Å². The second-order valence-corrected chi connectivity index (χ2v) is 9.01. The summed E-state index contributed by atoms with van der Waals surface area (Å²) in [6.45, 7) is 3.14. The van der Waals surface area contributed by atoms with Gasteiger partial charge in [-0.05, 0) is 49.4 Å². The summed E-state index contributed by atoms with van der Waals surface area (Å²) in [4.78, 5) is 21.3. The molecule has 160 valence electrons. The van der Waals surface area contributed by atoms with Crippen molar-refractivity contribution in [2.24, 2.45) is 0 Å². The van der Waals surface area contributed by atoms with Crippen molar-refractivity contribution in [2.45, 2.75) is 25.7 Å². The molecule has 0 unspecified atom stereocenters. The van der Waals surface area contributed by atoms with Gasteiger partial charge in [0.25, 0.3) is 11.6 Å². The van der Waals surface area contributed by atoms with E-state index in [0.29, 0.717) is 35.4 Å². The quantitative estimate of drug-likeness (QED) is 0.412. The zero-order chi connectivity index (χ0) is 21.7. The zero-order valence-corrected chi connectivity index (χ0v) is 18.2. The smallest absolute Gasteiger partial charge is 0.259 e. The Morgan fingerprint density at radius 3 is 3.03 bits per heavy atom. The number of thiophene rings is 1. The number of hydrogen-bond donors (Lipinski definition) is 0. The number of aromatic nitrogens is 5. The van der Waals surface area contributed by atoms with Crippen LogP contribution in [0.25, 0.3) is 27.3 Å². The second kappa shape index (κ2) is 7.52. The highest BCUT2D eigenvalue weighted by Crippen LogP contribution is 2.32. The summed E-state index contributed by atoms with van der Waals surface area (Å²) in [5.74, 6) is 1.00. The maximum absolute atomic E-state index is 13.8. The minimum atomic E-state index is -0.0278. The molecule has 8 nitrogen and oxygen atoms in total. The molecule has 1 atom stereocenters. The van der Waals surface area contributed by atoms with Crippen molar-refractivity contribution in [2.75, 3.05) is 13.1 Å². The first kappa shape index (κ1) is 19.1. The molecular weight excluding hydrogens is 424 g/mol. The molecule has 6 rings (SSSR count). The molecule has 0 spiro atoms. The largest absolute Gasteiger partial charge is 0.338 e. The van der Waals surface area contributed by atoms with E-state index < -0.39 is 0 Å². The van der Waals surface area contributed by atoms with Gasteiger partial charge in [0.1, 0.15) is 5.82 Å². The monoisotopic (exact) mass is 444 g/mol. The Kier molecular flexibility index (Phi) is 4.50. The molecule has 6 heterocycles. The Hall–Kier alpha value is -3.59. The van der Waals surface area contributed by atoms with Gasteiger partial charge in [-0.2, -0.15) is 0 Å². The predicted octanol–water partition coefficient (Wildman–Crippen LogP) is 4.32. The van der Waals surface area contributed by atoms with Gasteiger partial charge in [0, 0.05) is 25.2 Å². The average molecular weight is 445 g/mol. The van der Waals surface area contributed by atoms with Crippen LogP contribution in [0.1, 0.15) is 40.6 Å². The summed E-state index contributed by atoms with van der Waals surface area (Å²) < 4.78 is 7.46. The lowest BCUT2D eigenvalue weighted by Crippen LogP contribution is -2.39. The lowest BCUT2D eigenvalue weighted by atomic mass is 9.96. The van der Waals surface area contributed by atoms with Gasteiger partial charge in [-0.15, -0.1) is 21.5 Å². The van der Waals surface area contributed by atoms with Crippen LogP contribution in [0.15, 0.2) is 52.5 Å². The van der Waals surface area contributed by atoms with Crippen LogP contribution >= 0.6 is 11.3 Å². The molecular formula is C23H20N6O2S. The Labute approximate surface area is 187 Å². The summed E-state index contributed by atoms with van der Waals surface area (Å²) in [5.41, 5.74) is 3.20. The number of nitrogens with zero attached hydrogens (tertiary/aromatic N) is 6. The highest BCUT2D eigenvalue weighted by molar-refractivity contribution is 7.13. The number of carbonyl (C=O) groups is 1. The van der Waals surface area contributed by atoms with Crippen LogP contribution in [0.4, 0.5) is 0 Å². The molecule has 1 aliphatic rings. The van der Waals surface area contributed by atoms with E-state index in [-0.39, 0.29) is 11.8 Å². The van der Waals surface area contributed by atoms with Gasteiger partial charge in [0.05, 0.1) is 27.2 Å². The molecule has 1 aliphatic heterocycles. The van der Waals surface area contributed by atoms with Crippen molar-refractivity contribution in [1.29, 1.82) is 0 Å². The molecule has 1 fully saturated rings. The first-order chi connectivity index (χ1) is 15.7. The molecule has 5 aromatic heterocycles. The number of carbonyl (C=O) groups excluding carboxylic acids is 1. The number of likely N-dealkylation sites (tertiary alicyclic amines) is 1. The summed E-state index contributed by atoms with van der Waals surface area (Å²) in [5, 5.41) is 15.5. The summed E-state index contributed by atoms with van der Waals surface area (Å²) in [6.07, 6.45) is 3.86. The molecule has 1 saturated heterocycles. The third kappa shape index (κ3) is 3.08. The standard InChI is InChI=1S/C23H20N6O2S/c1-14-20-16(12-17(18-7-5-11-32-18)24-22(20)31-27-14)23(30)28-9-4-6-15(13-28)21-26-25-19-8-2-3-10-29(19)21/h2-3,5,7-8,10-12,15H,4,6,9,13H2,1H3/t15-/m0/s1. The highest BCUT2D eigenvalue weighted by Gasteiger charge is 2.30. The van der Waals surface area contributed by atoms with E-state index >= 15 is 0 Å². The maximum Gasteiger partial charge on any atom is 0.259 e. The van der Waals surface area contributed by atoms with Crippen LogP contribution in [0.5, 0.6) is 0 Å².